The number of aromatic nitrogens is 1. The van der Waals surface area contributed by atoms with Gasteiger partial charge in [-0.05, 0) is 50.7 Å². The van der Waals surface area contributed by atoms with Gasteiger partial charge in [-0.3, -0.25) is 0 Å². The van der Waals surface area contributed by atoms with E-state index in [-0.39, 0.29) is 12.1 Å². The Balaban J connectivity index is 2.14. The van der Waals surface area contributed by atoms with Gasteiger partial charge in [-0.1, -0.05) is 6.92 Å². The van der Waals surface area contributed by atoms with Gasteiger partial charge in [0.1, 0.15) is 0 Å². The van der Waals surface area contributed by atoms with E-state index in [2.05, 4.69) is 17.2 Å². The third kappa shape index (κ3) is 3.38. The molecule has 0 saturated heterocycles. The lowest BCUT2D eigenvalue weighted by atomic mass is 9.77. The van der Waals surface area contributed by atoms with Crippen molar-refractivity contribution in [2.45, 2.75) is 45.1 Å². The molecule has 1 heterocycles. The van der Waals surface area contributed by atoms with Crippen molar-refractivity contribution in [3.8, 4) is 5.75 Å². The zero-order valence-electron chi connectivity index (χ0n) is 11.9. The molecule has 1 saturated carbocycles. The second-order valence-electron chi connectivity index (χ2n) is 5.53. The summed E-state index contributed by atoms with van der Waals surface area (Å²) >= 11 is 0. The van der Waals surface area contributed by atoms with Crippen LogP contribution in [0.3, 0.4) is 0 Å². The molecule has 0 aliphatic heterocycles. The zero-order chi connectivity index (χ0) is 13.7. The van der Waals surface area contributed by atoms with Crippen LogP contribution in [-0.2, 0) is 0 Å². The van der Waals surface area contributed by atoms with Gasteiger partial charge in [0.15, 0.2) is 11.6 Å². The molecule has 106 valence electrons. The fourth-order valence-electron chi connectivity index (χ4n) is 2.64. The Morgan fingerprint density at radius 3 is 2.84 bits per heavy atom. The Bertz CT molecular complexity index is 401. The first-order chi connectivity index (χ1) is 9.19. The normalized spacial score (nSPS) is 27.0. The molecule has 1 aliphatic rings. The maximum atomic E-state index is 9.78. The van der Waals surface area contributed by atoms with Gasteiger partial charge in [-0.25, -0.2) is 4.98 Å². The van der Waals surface area contributed by atoms with Crippen molar-refractivity contribution in [3.63, 3.8) is 0 Å². The van der Waals surface area contributed by atoms with E-state index < -0.39 is 0 Å². The quantitative estimate of drug-likeness (QED) is 0.858. The van der Waals surface area contributed by atoms with Gasteiger partial charge in [0.05, 0.1) is 18.8 Å². The Morgan fingerprint density at radius 1 is 1.47 bits per heavy atom. The van der Waals surface area contributed by atoms with Gasteiger partial charge < -0.3 is 15.2 Å². The molecule has 0 unspecified atom stereocenters. The topological polar surface area (TPSA) is 54.4 Å². The Kier molecular flexibility index (Phi) is 4.64. The molecular formula is C15H24N2O2. The molecule has 19 heavy (non-hydrogen) atoms. The van der Waals surface area contributed by atoms with E-state index in [1.807, 2.05) is 19.1 Å². The molecule has 2 N–H and O–H groups in total. The molecule has 1 aromatic rings. The average molecular weight is 264 g/mol. The highest BCUT2D eigenvalue weighted by Gasteiger charge is 2.34. The van der Waals surface area contributed by atoms with Crippen LogP contribution >= 0.6 is 0 Å². The summed E-state index contributed by atoms with van der Waals surface area (Å²) in [5.41, 5.74) is -0.243. The van der Waals surface area contributed by atoms with E-state index in [0.29, 0.717) is 6.61 Å². The molecule has 0 aromatic carbocycles. The number of pyridine rings is 1. The molecule has 0 radical (unpaired) electrons. The number of rotatable bonds is 5. The Hall–Kier alpha value is -1.29. The monoisotopic (exact) mass is 264 g/mol. The summed E-state index contributed by atoms with van der Waals surface area (Å²) < 4.78 is 5.58. The minimum Gasteiger partial charge on any atom is -0.490 e. The van der Waals surface area contributed by atoms with Gasteiger partial charge in [-0.15, -0.1) is 0 Å². The van der Waals surface area contributed by atoms with Gasteiger partial charge >= 0.3 is 0 Å². The van der Waals surface area contributed by atoms with Crippen LogP contribution in [-0.4, -0.2) is 28.8 Å². The SMILES string of the molecule is CCOc1cccnc1NC1(CO)CCC(C)CC1. The smallest absolute Gasteiger partial charge is 0.169 e. The van der Waals surface area contributed by atoms with Crippen molar-refractivity contribution in [1.82, 2.24) is 4.98 Å². The molecule has 4 heteroatoms. The van der Waals surface area contributed by atoms with Crippen molar-refractivity contribution in [1.29, 1.82) is 0 Å². The molecule has 1 fully saturated rings. The van der Waals surface area contributed by atoms with Crippen LogP contribution in [0.1, 0.15) is 39.5 Å². The van der Waals surface area contributed by atoms with E-state index in [4.69, 9.17) is 4.74 Å². The predicted molar refractivity (Wildman–Crippen MR) is 76.5 cm³/mol. The van der Waals surface area contributed by atoms with Crippen LogP contribution in [0, 0.1) is 5.92 Å². The number of nitrogens with zero attached hydrogens (tertiary/aromatic N) is 1. The summed E-state index contributed by atoms with van der Waals surface area (Å²) in [6, 6.07) is 3.78. The summed E-state index contributed by atoms with van der Waals surface area (Å²) in [5.74, 6) is 2.25. The standard InChI is InChI=1S/C15H24N2O2/c1-3-19-13-5-4-10-16-14(13)17-15(11-18)8-6-12(2)7-9-15/h4-5,10,12,18H,3,6-9,11H2,1-2H3,(H,16,17). The van der Waals surface area contributed by atoms with Crippen molar-refractivity contribution < 1.29 is 9.84 Å². The predicted octanol–water partition coefficient (Wildman–Crippen LogP) is 2.83. The highest BCUT2D eigenvalue weighted by molar-refractivity contribution is 5.51. The molecule has 2 rings (SSSR count). The summed E-state index contributed by atoms with van der Waals surface area (Å²) in [6.45, 7) is 4.99. The minimum absolute atomic E-state index is 0.141. The highest BCUT2D eigenvalue weighted by Crippen LogP contribution is 2.35. The number of ether oxygens (including phenoxy) is 1. The van der Waals surface area contributed by atoms with Crippen LogP contribution in [0.5, 0.6) is 5.75 Å². The van der Waals surface area contributed by atoms with Crippen molar-refractivity contribution in [3.05, 3.63) is 18.3 Å². The summed E-state index contributed by atoms with van der Waals surface area (Å²) in [7, 11) is 0. The summed E-state index contributed by atoms with van der Waals surface area (Å²) in [5, 5.41) is 13.2. The summed E-state index contributed by atoms with van der Waals surface area (Å²) in [4.78, 5) is 4.36. The molecule has 0 spiro atoms. The van der Waals surface area contributed by atoms with E-state index in [1.54, 1.807) is 6.20 Å². The lowest BCUT2D eigenvalue weighted by molar-refractivity contribution is 0.154. The van der Waals surface area contributed by atoms with Gasteiger partial charge in [0.2, 0.25) is 0 Å². The lowest BCUT2D eigenvalue weighted by Crippen LogP contribution is -2.45. The second-order valence-corrected chi connectivity index (χ2v) is 5.53. The number of aliphatic hydroxyl groups is 1. The van der Waals surface area contributed by atoms with E-state index >= 15 is 0 Å². The molecular weight excluding hydrogens is 240 g/mol. The van der Waals surface area contributed by atoms with Gasteiger partial charge in [0, 0.05) is 6.20 Å². The van der Waals surface area contributed by atoms with Crippen molar-refractivity contribution in [2.24, 2.45) is 5.92 Å². The molecule has 0 bridgehead atoms. The Labute approximate surface area is 115 Å². The largest absolute Gasteiger partial charge is 0.490 e. The lowest BCUT2D eigenvalue weighted by Gasteiger charge is -2.39. The first-order valence-corrected chi connectivity index (χ1v) is 7.16. The first kappa shape index (κ1) is 14.1. The number of hydrogen-bond donors (Lipinski definition) is 2. The fourth-order valence-corrected chi connectivity index (χ4v) is 2.64. The van der Waals surface area contributed by atoms with Gasteiger partial charge in [0.25, 0.3) is 0 Å². The van der Waals surface area contributed by atoms with E-state index in [1.165, 1.54) is 0 Å². The third-order valence-corrected chi connectivity index (χ3v) is 3.99. The highest BCUT2D eigenvalue weighted by atomic mass is 16.5. The molecule has 0 atom stereocenters. The minimum atomic E-state index is -0.243. The average Bonchev–Trinajstić information content (AvgIpc) is 2.44. The summed E-state index contributed by atoms with van der Waals surface area (Å²) in [6.07, 6.45) is 6.00. The van der Waals surface area contributed by atoms with Crippen molar-refractivity contribution in [2.75, 3.05) is 18.5 Å². The van der Waals surface area contributed by atoms with Crippen molar-refractivity contribution >= 4 is 5.82 Å². The number of nitrogens with one attached hydrogen (secondary N) is 1. The zero-order valence-corrected chi connectivity index (χ0v) is 11.9. The molecule has 1 aromatic heterocycles. The Morgan fingerprint density at radius 2 is 2.21 bits per heavy atom. The molecule has 0 amide bonds. The van der Waals surface area contributed by atoms with Crippen LogP contribution in [0.15, 0.2) is 18.3 Å². The maximum Gasteiger partial charge on any atom is 0.169 e. The molecule has 4 nitrogen and oxygen atoms in total. The van der Waals surface area contributed by atoms with E-state index in [0.717, 1.165) is 43.2 Å². The fraction of sp³-hybridized carbons (Fsp3) is 0.667. The van der Waals surface area contributed by atoms with E-state index in [9.17, 15) is 5.11 Å². The first-order valence-electron chi connectivity index (χ1n) is 7.16. The van der Waals surface area contributed by atoms with Gasteiger partial charge in [-0.2, -0.15) is 0 Å². The maximum absolute atomic E-state index is 9.78. The van der Waals surface area contributed by atoms with Crippen LogP contribution in [0.4, 0.5) is 5.82 Å². The second kappa shape index (κ2) is 6.24. The number of anilines is 1. The molecule has 1 aliphatic carbocycles. The number of aliphatic hydroxyl groups excluding tert-OH is 1. The van der Waals surface area contributed by atoms with Crippen LogP contribution in [0.25, 0.3) is 0 Å². The number of hydrogen-bond acceptors (Lipinski definition) is 4. The van der Waals surface area contributed by atoms with Crippen LogP contribution < -0.4 is 10.1 Å². The third-order valence-electron chi connectivity index (χ3n) is 3.99. The van der Waals surface area contributed by atoms with Crippen LogP contribution in [0.2, 0.25) is 0 Å².